The number of nitrogens with zero attached hydrogens (tertiary/aromatic N) is 3. The topological polar surface area (TPSA) is 89.3 Å². The lowest BCUT2D eigenvalue weighted by Crippen LogP contribution is -2.29. The Kier molecular flexibility index (Phi) is 7.67. The number of benzene rings is 2. The maximum absolute atomic E-state index is 13.6. The van der Waals surface area contributed by atoms with Crippen LogP contribution in [-0.2, 0) is 6.42 Å². The zero-order valence-corrected chi connectivity index (χ0v) is 21.3. The summed E-state index contributed by atoms with van der Waals surface area (Å²) in [6.45, 7) is 2.48. The Morgan fingerprint density at radius 3 is 2.66 bits per heavy atom. The minimum absolute atomic E-state index is 0.0403. The van der Waals surface area contributed by atoms with Crippen LogP contribution >= 0.6 is 0 Å². The van der Waals surface area contributed by atoms with Crippen molar-refractivity contribution in [2.24, 2.45) is 5.92 Å². The van der Waals surface area contributed by atoms with Gasteiger partial charge in [-0.05, 0) is 92.1 Å². The highest BCUT2D eigenvalue weighted by Gasteiger charge is 2.20. The molecule has 0 bridgehead atoms. The molecule has 2 aromatic heterocycles. The van der Waals surface area contributed by atoms with Crippen molar-refractivity contribution >= 4 is 5.91 Å². The van der Waals surface area contributed by atoms with Crippen molar-refractivity contribution in [3.63, 3.8) is 0 Å². The molecule has 1 amide bonds. The molecule has 1 fully saturated rings. The van der Waals surface area contributed by atoms with Gasteiger partial charge in [0.25, 0.3) is 5.91 Å². The van der Waals surface area contributed by atoms with E-state index < -0.39 is 0 Å². The predicted octanol–water partition coefficient (Wildman–Crippen LogP) is 5.44. The predicted molar refractivity (Wildman–Crippen MR) is 143 cm³/mol. The van der Waals surface area contributed by atoms with Gasteiger partial charge in [0.1, 0.15) is 23.4 Å². The molecular weight excluding hydrogens is 483 g/mol. The molecule has 2 N–H and O–H groups in total. The van der Waals surface area contributed by atoms with Gasteiger partial charge in [-0.15, -0.1) is 9.94 Å². The van der Waals surface area contributed by atoms with Crippen LogP contribution in [0.1, 0.15) is 48.7 Å². The van der Waals surface area contributed by atoms with Crippen molar-refractivity contribution in [3.8, 4) is 28.1 Å². The molecule has 0 radical (unpaired) electrons. The van der Waals surface area contributed by atoms with E-state index in [4.69, 9.17) is 9.94 Å². The minimum atomic E-state index is -0.310. The lowest BCUT2D eigenvalue weighted by molar-refractivity contribution is 0.0199. The van der Waals surface area contributed by atoms with Crippen molar-refractivity contribution in [2.45, 2.75) is 45.1 Å². The van der Waals surface area contributed by atoms with Gasteiger partial charge in [-0.2, -0.15) is 0 Å². The van der Waals surface area contributed by atoms with E-state index in [1.807, 2.05) is 25.3 Å². The maximum Gasteiger partial charge on any atom is 0.255 e. The van der Waals surface area contributed by atoms with Crippen molar-refractivity contribution in [1.29, 1.82) is 0 Å². The Bertz CT molecular complexity index is 1400. The third-order valence-electron chi connectivity index (χ3n) is 6.82. The van der Waals surface area contributed by atoms with Crippen molar-refractivity contribution in [1.82, 2.24) is 20.2 Å². The van der Waals surface area contributed by atoms with Gasteiger partial charge in [-0.3, -0.25) is 9.78 Å². The molecule has 2 heterocycles. The zero-order valence-electron chi connectivity index (χ0n) is 21.3. The van der Waals surface area contributed by atoms with E-state index in [-0.39, 0.29) is 35.1 Å². The number of carbonyl (C=O) groups is 1. The SMILES string of the molecule is CC(CNC(=O)c1ccccc1O)Cc1cc(-c2cn(OC3CCCC3)nc2-c2ccc(F)cc2)ccn1. The highest BCUT2D eigenvalue weighted by molar-refractivity contribution is 5.96. The Balaban J connectivity index is 1.33. The smallest absolute Gasteiger partial charge is 0.255 e. The average molecular weight is 515 g/mol. The fourth-order valence-electron chi connectivity index (χ4n) is 4.80. The molecule has 1 unspecified atom stereocenters. The molecule has 0 aliphatic heterocycles. The summed E-state index contributed by atoms with van der Waals surface area (Å²) in [7, 11) is 0. The lowest BCUT2D eigenvalue weighted by atomic mass is 9.99. The molecule has 4 aromatic rings. The molecule has 1 atom stereocenters. The minimum Gasteiger partial charge on any atom is -0.507 e. The first-order chi connectivity index (χ1) is 18.5. The van der Waals surface area contributed by atoms with E-state index in [1.54, 1.807) is 41.4 Å². The molecule has 0 saturated heterocycles. The van der Waals surface area contributed by atoms with Gasteiger partial charge in [0, 0.05) is 29.6 Å². The second-order valence-electron chi connectivity index (χ2n) is 9.89. The summed E-state index contributed by atoms with van der Waals surface area (Å²) >= 11 is 0. The molecule has 1 aliphatic rings. The van der Waals surface area contributed by atoms with Crippen LogP contribution < -0.4 is 10.2 Å². The normalized spacial score (nSPS) is 14.4. The zero-order chi connectivity index (χ0) is 26.5. The molecule has 1 saturated carbocycles. The van der Waals surface area contributed by atoms with Crippen molar-refractivity contribution in [3.05, 3.63) is 90.1 Å². The number of aromatic nitrogens is 3. The summed E-state index contributed by atoms with van der Waals surface area (Å²) in [5.74, 6) is -0.541. The van der Waals surface area contributed by atoms with E-state index in [9.17, 15) is 14.3 Å². The third-order valence-corrected chi connectivity index (χ3v) is 6.82. The van der Waals surface area contributed by atoms with Crippen LogP contribution in [0.2, 0.25) is 0 Å². The maximum atomic E-state index is 13.6. The highest BCUT2D eigenvalue weighted by Crippen LogP contribution is 2.32. The van der Waals surface area contributed by atoms with Gasteiger partial charge in [-0.25, -0.2) is 4.39 Å². The summed E-state index contributed by atoms with van der Waals surface area (Å²) in [5.41, 5.74) is 4.45. The summed E-state index contributed by atoms with van der Waals surface area (Å²) in [5, 5.41) is 17.5. The molecule has 1 aliphatic carbocycles. The Hall–Kier alpha value is -4.20. The van der Waals surface area contributed by atoms with Crippen LogP contribution in [-0.4, -0.2) is 38.6 Å². The van der Waals surface area contributed by atoms with Crippen molar-refractivity contribution in [2.75, 3.05) is 6.54 Å². The first-order valence-electron chi connectivity index (χ1n) is 13.0. The molecule has 38 heavy (non-hydrogen) atoms. The largest absolute Gasteiger partial charge is 0.507 e. The Morgan fingerprint density at radius 1 is 1.13 bits per heavy atom. The van der Waals surface area contributed by atoms with Crippen LogP contribution in [0, 0.1) is 11.7 Å². The van der Waals surface area contributed by atoms with E-state index in [0.29, 0.717) is 18.7 Å². The van der Waals surface area contributed by atoms with E-state index in [0.717, 1.165) is 48.1 Å². The Labute approximate surface area is 221 Å². The van der Waals surface area contributed by atoms with Gasteiger partial charge in [0.05, 0.1) is 11.8 Å². The number of halogens is 1. The number of hydrogen-bond donors (Lipinski definition) is 2. The van der Waals surface area contributed by atoms with E-state index in [1.165, 1.54) is 18.2 Å². The fourth-order valence-corrected chi connectivity index (χ4v) is 4.80. The second kappa shape index (κ2) is 11.5. The summed E-state index contributed by atoms with van der Waals surface area (Å²) in [6, 6.07) is 16.7. The molecule has 5 rings (SSSR count). The lowest BCUT2D eigenvalue weighted by Gasteiger charge is -2.13. The van der Waals surface area contributed by atoms with Crippen LogP contribution in [0.4, 0.5) is 4.39 Å². The number of hydrogen-bond acceptors (Lipinski definition) is 5. The number of rotatable bonds is 9. The molecular formula is C30H31FN4O3. The molecule has 2 aromatic carbocycles. The van der Waals surface area contributed by atoms with Crippen LogP contribution in [0.25, 0.3) is 22.4 Å². The number of aromatic hydroxyl groups is 1. The molecule has 8 heteroatoms. The quantitative estimate of drug-likeness (QED) is 0.311. The fraction of sp³-hybridized carbons (Fsp3) is 0.300. The number of phenols is 1. The van der Waals surface area contributed by atoms with Gasteiger partial charge in [-0.1, -0.05) is 19.1 Å². The number of phenolic OH excluding ortho intramolecular Hbond substituents is 1. The van der Waals surface area contributed by atoms with Gasteiger partial charge in [0.15, 0.2) is 0 Å². The van der Waals surface area contributed by atoms with E-state index in [2.05, 4.69) is 10.3 Å². The summed E-state index contributed by atoms with van der Waals surface area (Å²) in [6.07, 6.45) is 8.77. The molecule has 7 nitrogen and oxygen atoms in total. The van der Waals surface area contributed by atoms with Gasteiger partial charge in [0.2, 0.25) is 0 Å². The summed E-state index contributed by atoms with van der Waals surface area (Å²) in [4.78, 5) is 24.7. The highest BCUT2D eigenvalue weighted by atomic mass is 19.1. The number of para-hydroxylation sites is 1. The van der Waals surface area contributed by atoms with Gasteiger partial charge < -0.3 is 15.3 Å². The summed E-state index contributed by atoms with van der Waals surface area (Å²) < 4.78 is 13.6. The monoisotopic (exact) mass is 514 g/mol. The second-order valence-corrected chi connectivity index (χ2v) is 9.89. The molecule has 0 spiro atoms. The third kappa shape index (κ3) is 6.02. The first-order valence-corrected chi connectivity index (χ1v) is 13.0. The average Bonchev–Trinajstić information content (AvgIpc) is 3.59. The first kappa shape index (κ1) is 25.4. The van der Waals surface area contributed by atoms with E-state index >= 15 is 0 Å². The number of pyridine rings is 1. The molecule has 196 valence electrons. The van der Waals surface area contributed by atoms with Crippen LogP contribution in [0.5, 0.6) is 5.75 Å². The Morgan fingerprint density at radius 2 is 1.89 bits per heavy atom. The number of carbonyl (C=O) groups excluding carboxylic acids is 1. The number of nitrogens with one attached hydrogen (secondary N) is 1. The van der Waals surface area contributed by atoms with Crippen molar-refractivity contribution < 1.29 is 19.1 Å². The van der Waals surface area contributed by atoms with Gasteiger partial charge >= 0.3 is 0 Å². The van der Waals surface area contributed by atoms with Crippen LogP contribution in [0.15, 0.2) is 73.1 Å². The number of amides is 1. The standard InChI is InChI=1S/C30H31FN4O3/c1-20(18-33-30(37)26-8-4-5-9-28(26)36)16-24-17-22(14-15-32-24)27-19-35(38-25-6-2-3-7-25)34-29(27)21-10-12-23(31)13-11-21/h4-5,8-15,17,19-20,25,36H,2-3,6-7,16,18H2,1H3,(H,33,37). The van der Waals surface area contributed by atoms with Crippen LogP contribution in [0.3, 0.4) is 0 Å².